The van der Waals surface area contributed by atoms with Gasteiger partial charge < -0.3 is 5.32 Å². The van der Waals surface area contributed by atoms with E-state index in [-0.39, 0.29) is 5.91 Å². The topological polar surface area (TPSA) is 32.3 Å². The van der Waals surface area contributed by atoms with Gasteiger partial charge in [-0.1, -0.05) is 38.1 Å². The monoisotopic (exact) mass is 316 g/mol. The molecule has 0 radical (unpaired) electrons. The third kappa shape index (κ3) is 4.18. The number of carbonyl (C=O) groups is 1. The van der Waals surface area contributed by atoms with Crippen molar-refractivity contribution in [1.29, 1.82) is 0 Å². The summed E-state index contributed by atoms with van der Waals surface area (Å²) < 4.78 is 0. The number of benzene rings is 1. The van der Waals surface area contributed by atoms with Crippen LogP contribution in [0.15, 0.2) is 35.7 Å². The van der Waals surface area contributed by atoms with E-state index in [4.69, 9.17) is 0 Å². The molecule has 0 aliphatic heterocycles. The quantitative estimate of drug-likeness (QED) is 0.842. The van der Waals surface area contributed by atoms with Crippen molar-refractivity contribution in [3.63, 3.8) is 0 Å². The third-order valence-corrected chi connectivity index (χ3v) is 4.93. The molecule has 0 unspecified atom stereocenters. The first kappa shape index (κ1) is 16.7. The fourth-order valence-corrected chi connectivity index (χ4v) is 3.27. The summed E-state index contributed by atoms with van der Waals surface area (Å²) in [6, 6.07) is 10.3. The van der Waals surface area contributed by atoms with Crippen molar-refractivity contribution in [2.75, 3.05) is 13.1 Å². The first-order valence-electron chi connectivity index (χ1n) is 7.77. The number of hydrogen-bond acceptors (Lipinski definition) is 3. The van der Waals surface area contributed by atoms with Gasteiger partial charge in [-0.3, -0.25) is 9.69 Å². The number of rotatable bonds is 7. The molecule has 0 saturated carbocycles. The Balaban J connectivity index is 2.04. The molecule has 1 aromatic carbocycles. The van der Waals surface area contributed by atoms with Crippen LogP contribution in [0.25, 0.3) is 0 Å². The van der Waals surface area contributed by atoms with Crippen LogP contribution in [0.4, 0.5) is 0 Å². The molecular weight excluding hydrogens is 292 g/mol. The Morgan fingerprint density at radius 2 is 1.82 bits per heavy atom. The summed E-state index contributed by atoms with van der Waals surface area (Å²) in [6.07, 6.45) is 0. The van der Waals surface area contributed by atoms with Gasteiger partial charge in [0.1, 0.15) is 0 Å². The van der Waals surface area contributed by atoms with Crippen LogP contribution in [0.1, 0.15) is 40.2 Å². The molecule has 118 valence electrons. The Morgan fingerprint density at radius 1 is 1.14 bits per heavy atom. The third-order valence-electron chi connectivity index (χ3n) is 3.91. The molecule has 2 rings (SSSR count). The fraction of sp³-hybridized carbons (Fsp3) is 0.389. The smallest absolute Gasteiger partial charge is 0.261 e. The molecule has 0 fully saturated rings. The van der Waals surface area contributed by atoms with E-state index in [0.29, 0.717) is 6.54 Å². The van der Waals surface area contributed by atoms with Gasteiger partial charge in [0.05, 0.1) is 4.88 Å². The number of carbonyl (C=O) groups excluding carboxylic acids is 1. The van der Waals surface area contributed by atoms with Crippen LogP contribution in [0, 0.1) is 6.92 Å². The number of nitrogens with one attached hydrogen (secondary N) is 1. The molecule has 1 amide bonds. The number of thiophene rings is 1. The molecule has 1 heterocycles. The van der Waals surface area contributed by atoms with E-state index in [9.17, 15) is 4.79 Å². The van der Waals surface area contributed by atoms with Crippen molar-refractivity contribution < 1.29 is 4.79 Å². The lowest BCUT2D eigenvalue weighted by Gasteiger charge is -2.20. The van der Waals surface area contributed by atoms with Crippen molar-refractivity contribution in [1.82, 2.24) is 10.2 Å². The molecule has 0 atom stereocenters. The minimum atomic E-state index is 0.0187. The second kappa shape index (κ2) is 8.11. The van der Waals surface area contributed by atoms with Crippen LogP contribution >= 0.6 is 11.3 Å². The summed E-state index contributed by atoms with van der Waals surface area (Å²) in [7, 11) is 0. The van der Waals surface area contributed by atoms with Crippen molar-refractivity contribution in [2.45, 2.75) is 33.9 Å². The number of aryl methyl sites for hydroxylation is 1. The summed E-state index contributed by atoms with van der Waals surface area (Å²) in [4.78, 5) is 15.4. The zero-order valence-electron chi connectivity index (χ0n) is 13.6. The zero-order chi connectivity index (χ0) is 15.9. The van der Waals surface area contributed by atoms with Crippen LogP contribution in [0.2, 0.25) is 0 Å². The Labute approximate surface area is 137 Å². The Morgan fingerprint density at radius 3 is 2.41 bits per heavy atom. The summed E-state index contributed by atoms with van der Waals surface area (Å²) in [5, 5.41) is 5.00. The van der Waals surface area contributed by atoms with E-state index in [1.807, 2.05) is 24.4 Å². The normalized spacial score (nSPS) is 10.9. The largest absolute Gasteiger partial charge is 0.347 e. The Hall–Kier alpha value is -1.65. The van der Waals surface area contributed by atoms with Gasteiger partial charge in [-0.2, -0.15) is 0 Å². The molecule has 0 aliphatic carbocycles. The van der Waals surface area contributed by atoms with Crippen LogP contribution in [0.3, 0.4) is 0 Å². The van der Waals surface area contributed by atoms with Gasteiger partial charge in [0.2, 0.25) is 0 Å². The molecule has 0 bridgehead atoms. The lowest BCUT2D eigenvalue weighted by molar-refractivity contribution is 0.0954. The van der Waals surface area contributed by atoms with E-state index in [2.05, 4.69) is 42.3 Å². The highest BCUT2D eigenvalue weighted by Gasteiger charge is 2.11. The number of hydrogen-bond donors (Lipinski definition) is 1. The molecule has 1 N–H and O–H groups in total. The van der Waals surface area contributed by atoms with Crippen LogP contribution < -0.4 is 5.32 Å². The first-order chi connectivity index (χ1) is 10.7. The molecular formula is C18H24N2OS. The van der Waals surface area contributed by atoms with Crippen LogP contribution in [0.5, 0.6) is 0 Å². The minimum absolute atomic E-state index is 0.0187. The predicted octanol–water partition coefficient (Wildman–Crippen LogP) is 3.83. The molecule has 3 nitrogen and oxygen atoms in total. The van der Waals surface area contributed by atoms with E-state index >= 15 is 0 Å². The van der Waals surface area contributed by atoms with Crippen LogP contribution in [-0.2, 0) is 13.1 Å². The van der Waals surface area contributed by atoms with Gasteiger partial charge in [-0.15, -0.1) is 11.3 Å². The van der Waals surface area contributed by atoms with Gasteiger partial charge in [0, 0.05) is 13.1 Å². The van der Waals surface area contributed by atoms with Gasteiger partial charge in [-0.05, 0) is 48.2 Å². The maximum absolute atomic E-state index is 12.2. The highest BCUT2D eigenvalue weighted by molar-refractivity contribution is 7.12. The van der Waals surface area contributed by atoms with Gasteiger partial charge in [0.15, 0.2) is 0 Å². The van der Waals surface area contributed by atoms with Crippen molar-refractivity contribution in [3.05, 3.63) is 57.3 Å². The van der Waals surface area contributed by atoms with Gasteiger partial charge in [0.25, 0.3) is 5.91 Å². The molecule has 0 aliphatic rings. The second-order valence-corrected chi connectivity index (χ2v) is 6.26. The molecule has 0 spiro atoms. The van der Waals surface area contributed by atoms with Gasteiger partial charge in [-0.25, -0.2) is 0 Å². The summed E-state index contributed by atoms with van der Waals surface area (Å²) in [5.41, 5.74) is 3.52. The molecule has 2 aromatic rings. The summed E-state index contributed by atoms with van der Waals surface area (Å²) in [6.45, 7) is 9.89. The van der Waals surface area contributed by atoms with Crippen LogP contribution in [-0.4, -0.2) is 23.9 Å². The zero-order valence-corrected chi connectivity index (χ0v) is 14.4. The van der Waals surface area contributed by atoms with E-state index < -0.39 is 0 Å². The first-order valence-corrected chi connectivity index (χ1v) is 8.65. The van der Waals surface area contributed by atoms with Gasteiger partial charge >= 0.3 is 0 Å². The molecule has 22 heavy (non-hydrogen) atoms. The fourth-order valence-electron chi connectivity index (χ4n) is 2.43. The van der Waals surface area contributed by atoms with E-state index in [1.165, 1.54) is 22.5 Å². The van der Waals surface area contributed by atoms with Crippen molar-refractivity contribution >= 4 is 17.2 Å². The lowest BCUT2D eigenvalue weighted by Crippen LogP contribution is -2.26. The van der Waals surface area contributed by atoms with E-state index in [1.54, 1.807) is 0 Å². The molecule has 1 aromatic heterocycles. The number of nitrogens with zero attached hydrogens (tertiary/aromatic N) is 1. The predicted molar refractivity (Wildman–Crippen MR) is 93.3 cm³/mol. The summed E-state index contributed by atoms with van der Waals surface area (Å²) >= 11 is 1.49. The Bertz CT molecular complexity index is 617. The van der Waals surface area contributed by atoms with Crippen molar-refractivity contribution in [3.8, 4) is 0 Å². The summed E-state index contributed by atoms with van der Waals surface area (Å²) in [5.74, 6) is 0.0187. The second-order valence-electron chi connectivity index (χ2n) is 5.35. The minimum Gasteiger partial charge on any atom is -0.347 e. The Kier molecular flexibility index (Phi) is 6.16. The SMILES string of the molecule is CCN(CC)Cc1ccccc1CNC(=O)c1sccc1C. The molecule has 4 heteroatoms. The number of amides is 1. The highest BCUT2D eigenvalue weighted by Crippen LogP contribution is 2.16. The maximum atomic E-state index is 12.2. The van der Waals surface area contributed by atoms with Crippen molar-refractivity contribution in [2.24, 2.45) is 0 Å². The average molecular weight is 316 g/mol. The molecule has 0 saturated heterocycles. The lowest BCUT2D eigenvalue weighted by atomic mass is 10.1. The van der Waals surface area contributed by atoms with E-state index in [0.717, 1.165) is 30.1 Å². The average Bonchev–Trinajstić information content (AvgIpc) is 2.97. The standard InChI is InChI=1S/C18H24N2OS/c1-4-20(5-2)13-16-9-7-6-8-15(16)12-19-18(21)17-14(3)10-11-22-17/h6-11H,4-5,12-13H2,1-3H3,(H,19,21). The highest BCUT2D eigenvalue weighted by atomic mass is 32.1. The maximum Gasteiger partial charge on any atom is 0.261 e.